The first-order valence-electron chi connectivity index (χ1n) is 9.72. The maximum Gasteiger partial charge on any atom is 0.231 e. The summed E-state index contributed by atoms with van der Waals surface area (Å²) in [7, 11) is 1.59. The van der Waals surface area contributed by atoms with E-state index < -0.39 is 5.92 Å². The molecule has 0 spiro atoms. The first-order chi connectivity index (χ1) is 13.6. The molecule has 2 heterocycles. The van der Waals surface area contributed by atoms with Gasteiger partial charge in [-0.1, -0.05) is 36.7 Å². The summed E-state index contributed by atoms with van der Waals surface area (Å²) in [6.07, 6.45) is 6.24. The SMILES string of the molecule is COc1cccc(N2C[C@H](C(=O)Nc3nnc(C4CCCCC4)s3)CC2=O)c1. The van der Waals surface area contributed by atoms with Gasteiger partial charge in [-0.3, -0.25) is 9.59 Å². The molecule has 148 valence electrons. The van der Waals surface area contributed by atoms with Gasteiger partial charge in [-0.15, -0.1) is 10.2 Å². The van der Waals surface area contributed by atoms with Crippen LogP contribution in [0.1, 0.15) is 49.5 Å². The fraction of sp³-hybridized carbons (Fsp3) is 0.500. The van der Waals surface area contributed by atoms with Crippen molar-refractivity contribution in [3.05, 3.63) is 29.3 Å². The van der Waals surface area contributed by atoms with Gasteiger partial charge in [0.05, 0.1) is 13.0 Å². The molecule has 2 amide bonds. The summed E-state index contributed by atoms with van der Waals surface area (Å²) in [5.41, 5.74) is 0.746. The smallest absolute Gasteiger partial charge is 0.231 e. The Kier molecular flexibility index (Phi) is 5.57. The van der Waals surface area contributed by atoms with Crippen molar-refractivity contribution in [2.45, 2.75) is 44.4 Å². The molecule has 28 heavy (non-hydrogen) atoms. The van der Waals surface area contributed by atoms with Crippen LogP contribution in [0.5, 0.6) is 5.75 Å². The molecule has 1 saturated heterocycles. The highest BCUT2D eigenvalue weighted by Crippen LogP contribution is 2.35. The van der Waals surface area contributed by atoms with E-state index in [4.69, 9.17) is 4.74 Å². The van der Waals surface area contributed by atoms with Crippen LogP contribution < -0.4 is 15.0 Å². The van der Waals surface area contributed by atoms with Crippen molar-refractivity contribution in [2.75, 3.05) is 23.9 Å². The Bertz CT molecular complexity index is 863. The second-order valence-corrected chi connectivity index (χ2v) is 8.39. The molecule has 2 fully saturated rings. The number of hydrogen-bond donors (Lipinski definition) is 1. The topological polar surface area (TPSA) is 84.4 Å². The number of carbonyl (C=O) groups is 2. The van der Waals surface area contributed by atoms with Crippen molar-refractivity contribution in [1.82, 2.24) is 10.2 Å². The van der Waals surface area contributed by atoms with Gasteiger partial charge >= 0.3 is 0 Å². The molecular formula is C20H24N4O3S. The predicted octanol–water partition coefficient (Wildman–Crippen LogP) is 3.59. The minimum Gasteiger partial charge on any atom is -0.497 e. The standard InChI is InChI=1S/C20H24N4O3S/c1-27-16-9-5-8-15(11-16)24-12-14(10-17(24)25)18(26)21-20-23-22-19(28-20)13-6-3-2-4-7-13/h5,8-9,11,13-14H,2-4,6-7,10,12H2,1H3,(H,21,23,26)/t14-/m1/s1. The Morgan fingerprint density at radius 2 is 2.07 bits per heavy atom. The van der Waals surface area contributed by atoms with Crippen molar-refractivity contribution >= 4 is 34.0 Å². The Labute approximate surface area is 168 Å². The van der Waals surface area contributed by atoms with Crippen LogP contribution in [0.3, 0.4) is 0 Å². The van der Waals surface area contributed by atoms with Crippen LogP contribution in [0.25, 0.3) is 0 Å². The summed E-state index contributed by atoms with van der Waals surface area (Å²) in [4.78, 5) is 26.7. The largest absolute Gasteiger partial charge is 0.497 e. The Morgan fingerprint density at radius 3 is 2.86 bits per heavy atom. The minimum absolute atomic E-state index is 0.0615. The molecule has 1 N–H and O–H groups in total. The number of amides is 2. The van der Waals surface area contributed by atoms with Crippen LogP contribution in [-0.2, 0) is 9.59 Å². The predicted molar refractivity (Wildman–Crippen MR) is 108 cm³/mol. The number of anilines is 2. The van der Waals surface area contributed by atoms with Crippen LogP contribution >= 0.6 is 11.3 Å². The van der Waals surface area contributed by atoms with E-state index in [0.29, 0.717) is 23.3 Å². The third-order valence-corrected chi connectivity index (χ3v) is 6.49. The maximum atomic E-state index is 12.7. The van der Waals surface area contributed by atoms with Gasteiger partial charge in [0, 0.05) is 30.6 Å². The number of nitrogens with zero attached hydrogens (tertiary/aromatic N) is 3. The molecule has 8 heteroatoms. The van der Waals surface area contributed by atoms with E-state index in [-0.39, 0.29) is 18.2 Å². The lowest BCUT2D eigenvalue weighted by Crippen LogP contribution is -2.28. The number of ether oxygens (including phenoxy) is 1. The minimum atomic E-state index is -0.402. The van der Waals surface area contributed by atoms with E-state index in [9.17, 15) is 9.59 Å². The molecule has 1 aliphatic heterocycles. The fourth-order valence-electron chi connectivity index (χ4n) is 3.92. The zero-order valence-electron chi connectivity index (χ0n) is 15.9. The average Bonchev–Trinajstić information content (AvgIpc) is 3.35. The van der Waals surface area contributed by atoms with Crippen molar-refractivity contribution in [1.29, 1.82) is 0 Å². The van der Waals surface area contributed by atoms with Crippen LogP contribution in [-0.4, -0.2) is 35.7 Å². The van der Waals surface area contributed by atoms with Crippen LogP contribution in [0, 0.1) is 5.92 Å². The number of rotatable bonds is 5. The lowest BCUT2D eigenvalue weighted by molar-refractivity contribution is -0.122. The normalized spacial score (nSPS) is 20.4. The number of carbonyl (C=O) groups excluding carboxylic acids is 2. The van der Waals surface area contributed by atoms with E-state index in [1.54, 1.807) is 18.1 Å². The van der Waals surface area contributed by atoms with Crippen molar-refractivity contribution in [3.8, 4) is 5.75 Å². The van der Waals surface area contributed by atoms with Crippen molar-refractivity contribution < 1.29 is 14.3 Å². The first kappa shape index (κ1) is 18.9. The quantitative estimate of drug-likeness (QED) is 0.829. The third kappa shape index (κ3) is 4.01. The summed E-state index contributed by atoms with van der Waals surface area (Å²) < 4.78 is 5.22. The lowest BCUT2D eigenvalue weighted by atomic mass is 9.90. The number of nitrogens with one attached hydrogen (secondary N) is 1. The van der Waals surface area contributed by atoms with Gasteiger partial charge in [-0.05, 0) is 25.0 Å². The molecule has 0 bridgehead atoms. The van der Waals surface area contributed by atoms with Gasteiger partial charge in [0.2, 0.25) is 16.9 Å². The zero-order chi connectivity index (χ0) is 19.5. The van der Waals surface area contributed by atoms with Crippen molar-refractivity contribution in [2.24, 2.45) is 5.92 Å². The number of benzene rings is 1. The van der Waals surface area contributed by atoms with Gasteiger partial charge in [0.15, 0.2) is 0 Å². The summed E-state index contributed by atoms with van der Waals surface area (Å²) in [6, 6.07) is 7.32. The Balaban J connectivity index is 1.39. The number of methoxy groups -OCH3 is 1. The molecule has 1 aromatic carbocycles. The summed E-state index contributed by atoms with van der Waals surface area (Å²) in [5, 5.41) is 12.8. The number of aromatic nitrogens is 2. The zero-order valence-corrected chi connectivity index (χ0v) is 16.7. The van der Waals surface area contributed by atoms with Gasteiger partial charge in [-0.2, -0.15) is 0 Å². The molecule has 1 aromatic heterocycles. The molecule has 0 unspecified atom stereocenters. The van der Waals surface area contributed by atoms with E-state index in [1.165, 1.54) is 30.6 Å². The molecule has 2 aliphatic rings. The van der Waals surface area contributed by atoms with Crippen LogP contribution in [0.15, 0.2) is 24.3 Å². The molecule has 2 aromatic rings. The lowest BCUT2D eigenvalue weighted by Gasteiger charge is -2.18. The molecular weight excluding hydrogens is 376 g/mol. The summed E-state index contributed by atoms with van der Waals surface area (Å²) in [6.45, 7) is 0.353. The third-order valence-electron chi connectivity index (χ3n) is 5.49. The molecule has 0 radical (unpaired) electrons. The van der Waals surface area contributed by atoms with Crippen LogP contribution in [0.2, 0.25) is 0 Å². The second kappa shape index (κ2) is 8.26. The summed E-state index contributed by atoms with van der Waals surface area (Å²) in [5.74, 6) is 0.509. The highest BCUT2D eigenvalue weighted by atomic mass is 32.1. The Morgan fingerprint density at radius 1 is 1.25 bits per heavy atom. The maximum absolute atomic E-state index is 12.7. The van der Waals surface area contributed by atoms with E-state index in [2.05, 4.69) is 15.5 Å². The van der Waals surface area contributed by atoms with Gasteiger partial charge in [0.1, 0.15) is 10.8 Å². The van der Waals surface area contributed by atoms with Gasteiger partial charge in [0.25, 0.3) is 0 Å². The van der Waals surface area contributed by atoms with Gasteiger partial charge in [-0.25, -0.2) is 0 Å². The van der Waals surface area contributed by atoms with E-state index >= 15 is 0 Å². The van der Waals surface area contributed by atoms with Gasteiger partial charge < -0.3 is 15.0 Å². The molecule has 1 atom stereocenters. The molecule has 7 nitrogen and oxygen atoms in total. The summed E-state index contributed by atoms with van der Waals surface area (Å²) >= 11 is 1.46. The monoisotopic (exact) mass is 400 g/mol. The highest BCUT2D eigenvalue weighted by Gasteiger charge is 2.35. The average molecular weight is 401 g/mol. The fourth-order valence-corrected chi connectivity index (χ4v) is 4.83. The Hall–Kier alpha value is -2.48. The van der Waals surface area contributed by atoms with Crippen molar-refractivity contribution in [3.63, 3.8) is 0 Å². The molecule has 4 rings (SSSR count). The van der Waals surface area contributed by atoms with E-state index in [0.717, 1.165) is 23.5 Å². The number of hydrogen-bond acceptors (Lipinski definition) is 6. The molecule has 1 aliphatic carbocycles. The highest BCUT2D eigenvalue weighted by molar-refractivity contribution is 7.15. The first-order valence-corrected chi connectivity index (χ1v) is 10.5. The second-order valence-electron chi connectivity index (χ2n) is 7.38. The molecule has 1 saturated carbocycles. The van der Waals surface area contributed by atoms with E-state index in [1.807, 2.05) is 18.2 Å². The van der Waals surface area contributed by atoms with Crippen LogP contribution in [0.4, 0.5) is 10.8 Å².